The zero-order valence-electron chi connectivity index (χ0n) is 14.8. The summed E-state index contributed by atoms with van der Waals surface area (Å²) in [5.74, 6) is 0.241. The van der Waals surface area contributed by atoms with Crippen LogP contribution in [0.3, 0.4) is 0 Å². The lowest BCUT2D eigenvalue weighted by Crippen LogP contribution is -2.30. The Bertz CT molecular complexity index is 857. The van der Waals surface area contributed by atoms with Gasteiger partial charge in [0.1, 0.15) is 0 Å². The zero-order chi connectivity index (χ0) is 17.8. The predicted molar refractivity (Wildman–Crippen MR) is 98.3 cm³/mol. The maximum atomic E-state index is 12.8. The van der Waals surface area contributed by atoms with Crippen molar-refractivity contribution in [2.45, 2.75) is 12.8 Å². The van der Waals surface area contributed by atoms with E-state index in [2.05, 4.69) is 29.1 Å². The fraction of sp³-hybridized carbons (Fsp3) is 0.250. The molecule has 1 atom stereocenters. The molecule has 0 fully saturated rings. The fourth-order valence-corrected chi connectivity index (χ4v) is 2.89. The van der Waals surface area contributed by atoms with Gasteiger partial charge in [-0.1, -0.05) is 37.3 Å². The van der Waals surface area contributed by atoms with E-state index in [0.717, 1.165) is 11.1 Å². The van der Waals surface area contributed by atoms with E-state index in [1.54, 1.807) is 28.2 Å². The molecule has 2 heterocycles. The molecule has 1 amide bonds. The van der Waals surface area contributed by atoms with E-state index < -0.39 is 0 Å². The number of pyridine rings is 1. The first kappa shape index (κ1) is 16.9. The van der Waals surface area contributed by atoms with Crippen LogP contribution in [0.2, 0.25) is 0 Å². The number of carbonyl (C=O) groups is 1. The third-order valence-corrected chi connectivity index (χ3v) is 4.29. The highest BCUT2D eigenvalue weighted by Gasteiger charge is 2.16. The van der Waals surface area contributed by atoms with Gasteiger partial charge < -0.3 is 4.90 Å². The highest BCUT2D eigenvalue weighted by molar-refractivity contribution is 5.94. The zero-order valence-corrected chi connectivity index (χ0v) is 14.8. The Morgan fingerprint density at radius 1 is 1.16 bits per heavy atom. The molecule has 0 unspecified atom stereocenters. The Morgan fingerprint density at radius 3 is 2.60 bits per heavy atom. The smallest absolute Gasteiger partial charge is 0.255 e. The number of carbonyl (C=O) groups excluding carboxylic acids is 1. The summed E-state index contributed by atoms with van der Waals surface area (Å²) < 4.78 is 1.73. The molecule has 128 valence electrons. The van der Waals surface area contributed by atoms with Crippen LogP contribution in [-0.2, 0) is 7.05 Å². The number of aromatic nitrogens is 3. The number of amides is 1. The van der Waals surface area contributed by atoms with Crippen molar-refractivity contribution in [3.05, 3.63) is 72.3 Å². The number of benzene rings is 1. The highest BCUT2D eigenvalue weighted by Crippen LogP contribution is 2.20. The van der Waals surface area contributed by atoms with Crippen molar-refractivity contribution in [1.29, 1.82) is 0 Å². The molecule has 3 aromatic rings. The standard InChI is InChI=1S/C20H22N4O/c1-15(16-7-5-4-6-8-16)13-23(2)20(25)18-9-17(10-21-11-18)19-12-22-24(3)14-19/h4-12,14-15H,13H2,1-3H3/t15-/m1/s1. The molecule has 1 aromatic carbocycles. The Kier molecular flexibility index (Phi) is 4.93. The van der Waals surface area contributed by atoms with Crippen LogP contribution < -0.4 is 0 Å². The van der Waals surface area contributed by atoms with E-state index in [1.807, 2.05) is 44.6 Å². The van der Waals surface area contributed by atoms with Crippen LogP contribution in [0.5, 0.6) is 0 Å². The SMILES string of the molecule is C[C@H](CN(C)C(=O)c1cncc(-c2cnn(C)c2)c1)c1ccccc1. The van der Waals surface area contributed by atoms with Crippen molar-refractivity contribution >= 4 is 5.91 Å². The van der Waals surface area contributed by atoms with Crippen LogP contribution in [-0.4, -0.2) is 39.2 Å². The average Bonchev–Trinajstić information content (AvgIpc) is 3.08. The fourth-order valence-electron chi connectivity index (χ4n) is 2.89. The van der Waals surface area contributed by atoms with Crippen molar-refractivity contribution in [3.8, 4) is 11.1 Å². The van der Waals surface area contributed by atoms with Crippen molar-refractivity contribution < 1.29 is 4.79 Å². The summed E-state index contributed by atoms with van der Waals surface area (Å²) in [5.41, 5.74) is 3.65. The maximum absolute atomic E-state index is 12.8. The van der Waals surface area contributed by atoms with Gasteiger partial charge in [-0.25, -0.2) is 0 Å². The molecule has 2 aromatic heterocycles. The molecule has 3 rings (SSSR count). The van der Waals surface area contributed by atoms with E-state index in [9.17, 15) is 4.79 Å². The Balaban J connectivity index is 1.74. The van der Waals surface area contributed by atoms with Gasteiger partial charge in [-0.05, 0) is 17.5 Å². The molecule has 5 nitrogen and oxygen atoms in total. The summed E-state index contributed by atoms with van der Waals surface area (Å²) in [6, 6.07) is 12.1. The summed E-state index contributed by atoms with van der Waals surface area (Å²) >= 11 is 0. The minimum absolute atomic E-state index is 0.0268. The third-order valence-electron chi connectivity index (χ3n) is 4.29. The lowest BCUT2D eigenvalue weighted by atomic mass is 10.0. The second-order valence-electron chi connectivity index (χ2n) is 6.36. The summed E-state index contributed by atoms with van der Waals surface area (Å²) in [6.45, 7) is 2.78. The minimum Gasteiger partial charge on any atom is -0.341 e. The number of rotatable bonds is 5. The first-order valence-electron chi connectivity index (χ1n) is 8.29. The second kappa shape index (κ2) is 7.30. The van der Waals surface area contributed by atoms with Gasteiger partial charge in [0.15, 0.2) is 0 Å². The van der Waals surface area contributed by atoms with Crippen LogP contribution in [0.1, 0.15) is 28.8 Å². The first-order valence-corrected chi connectivity index (χ1v) is 8.29. The Labute approximate surface area is 147 Å². The molecule has 0 saturated carbocycles. The first-order chi connectivity index (χ1) is 12.0. The molecular formula is C20H22N4O. The van der Waals surface area contributed by atoms with Crippen molar-refractivity contribution in [2.24, 2.45) is 7.05 Å². The van der Waals surface area contributed by atoms with Crippen LogP contribution >= 0.6 is 0 Å². The van der Waals surface area contributed by atoms with Crippen molar-refractivity contribution in [3.63, 3.8) is 0 Å². The Hall–Kier alpha value is -2.95. The average molecular weight is 334 g/mol. The van der Waals surface area contributed by atoms with E-state index >= 15 is 0 Å². The molecule has 25 heavy (non-hydrogen) atoms. The molecule has 0 N–H and O–H groups in total. The molecule has 0 aliphatic rings. The second-order valence-corrected chi connectivity index (χ2v) is 6.36. The highest BCUT2D eigenvalue weighted by atomic mass is 16.2. The molecule has 0 radical (unpaired) electrons. The van der Waals surface area contributed by atoms with E-state index in [1.165, 1.54) is 5.56 Å². The summed E-state index contributed by atoms with van der Waals surface area (Å²) in [7, 11) is 3.70. The third kappa shape index (κ3) is 3.94. The molecule has 0 aliphatic heterocycles. The number of aryl methyl sites for hydroxylation is 1. The topological polar surface area (TPSA) is 51.0 Å². The van der Waals surface area contributed by atoms with Gasteiger partial charge >= 0.3 is 0 Å². The van der Waals surface area contributed by atoms with E-state index in [0.29, 0.717) is 12.1 Å². The minimum atomic E-state index is -0.0268. The number of hydrogen-bond donors (Lipinski definition) is 0. The lowest BCUT2D eigenvalue weighted by molar-refractivity contribution is 0.0788. The van der Waals surface area contributed by atoms with Gasteiger partial charge in [0.2, 0.25) is 0 Å². The van der Waals surface area contributed by atoms with Crippen molar-refractivity contribution in [2.75, 3.05) is 13.6 Å². The maximum Gasteiger partial charge on any atom is 0.255 e. The summed E-state index contributed by atoms with van der Waals surface area (Å²) in [5, 5.41) is 4.17. The van der Waals surface area contributed by atoms with Crippen LogP contribution in [0.15, 0.2) is 61.2 Å². The van der Waals surface area contributed by atoms with Gasteiger partial charge in [-0.15, -0.1) is 0 Å². The van der Waals surface area contributed by atoms with Gasteiger partial charge in [0, 0.05) is 50.4 Å². The Morgan fingerprint density at radius 2 is 1.92 bits per heavy atom. The number of likely N-dealkylation sites (N-methyl/N-ethyl adjacent to an activating group) is 1. The molecule has 5 heteroatoms. The largest absolute Gasteiger partial charge is 0.341 e. The van der Waals surface area contributed by atoms with Crippen LogP contribution in [0.25, 0.3) is 11.1 Å². The summed E-state index contributed by atoms with van der Waals surface area (Å²) in [4.78, 5) is 18.7. The van der Waals surface area contributed by atoms with Crippen molar-refractivity contribution in [1.82, 2.24) is 19.7 Å². The quantitative estimate of drug-likeness (QED) is 0.719. The number of hydrogen-bond acceptors (Lipinski definition) is 3. The normalized spacial score (nSPS) is 12.0. The van der Waals surface area contributed by atoms with Gasteiger partial charge in [-0.3, -0.25) is 14.5 Å². The van der Waals surface area contributed by atoms with Crippen LogP contribution in [0, 0.1) is 0 Å². The molecule has 0 aliphatic carbocycles. The summed E-state index contributed by atoms with van der Waals surface area (Å²) in [6.07, 6.45) is 7.05. The lowest BCUT2D eigenvalue weighted by Gasteiger charge is -2.22. The van der Waals surface area contributed by atoms with Gasteiger partial charge in [0.25, 0.3) is 5.91 Å². The van der Waals surface area contributed by atoms with Gasteiger partial charge in [0.05, 0.1) is 11.8 Å². The van der Waals surface area contributed by atoms with Crippen LogP contribution in [0.4, 0.5) is 0 Å². The molecule has 0 spiro atoms. The van der Waals surface area contributed by atoms with Gasteiger partial charge in [-0.2, -0.15) is 5.10 Å². The van der Waals surface area contributed by atoms with E-state index in [4.69, 9.17) is 0 Å². The predicted octanol–water partition coefficient (Wildman–Crippen LogP) is 3.36. The molecule has 0 bridgehead atoms. The monoisotopic (exact) mass is 334 g/mol. The molecular weight excluding hydrogens is 312 g/mol. The number of nitrogens with zero attached hydrogens (tertiary/aromatic N) is 4. The van der Waals surface area contributed by atoms with E-state index in [-0.39, 0.29) is 11.8 Å². The molecule has 0 saturated heterocycles.